The van der Waals surface area contributed by atoms with Gasteiger partial charge in [-0.25, -0.2) is 0 Å². The Kier molecular flexibility index (Phi) is 10.5. The van der Waals surface area contributed by atoms with E-state index in [2.05, 4.69) is 17.0 Å². The normalized spacial score (nSPS) is 26.1. The maximum absolute atomic E-state index is 11.9. The van der Waals surface area contributed by atoms with Crippen LogP contribution in [0.15, 0.2) is 30.4 Å². The lowest BCUT2D eigenvalue weighted by molar-refractivity contribution is -0.144. The number of ether oxygens (including phenoxy) is 3. The van der Waals surface area contributed by atoms with Crippen molar-refractivity contribution in [2.45, 2.75) is 51.0 Å². The molecule has 2 aliphatic rings. The number of hydrogen-bond donors (Lipinski definition) is 1. The molecule has 0 aromatic heterocycles. The number of aliphatic hydroxyl groups is 1. The van der Waals surface area contributed by atoms with Crippen LogP contribution in [0.3, 0.4) is 0 Å². The molecule has 184 valence electrons. The van der Waals surface area contributed by atoms with Gasteiger partial charge in [0.2, 0.25) is 0 Å². The van der Waals surface area contributed by atoms with E-state index in [0.29, 0.717) is 32.5 Å². The largest absolute Gasteiger partial charge is 0.493 e. The maximum Gasteiger partial charge on any atom is 0.306 e. The molecule has 0 spiro atoms. The summed E-state index contributed by atoms with van der Waals surface area (Å²) < 4.78 is 16.7. The second-order valence-electron chi connectivity index (χ2n) is 9.20. The van der Waals surface area contributed by atoms with Crippen molar-refractivity contribution in [2.75, 3.05) is 46.1 Å². The highest BCUT2D eigenvalue weighted by Gasteiger charge is 2.41. The van der Waals surface area contributed by atoms with Crippen LogP contribution < -0.4 is 4.74 Å². The Balaban J connectivity index is 1.36. The molecule has 1 heterocycles. The Labute approximate surface area is 202 Å². The van der Waals surface area contributed by atoms with Crippen molar-refractivity contribution in [1.82, 2.24) is 4.90 Å². The van der Waals surface area contributed by atoms with Gasteiger partial charge in [-0.1, -0.05) is 18.2 Å². The number of aryl methyl sites for hydroxylation is 2. The van der Waals surface area contributed by atoms with Crippen LogP contribution in [-0.4, -0.2) is 73.5 Å². The molecule has 0 bridgehead atoms. The minimum absolute atomic E-state index is 0.0110. The van der Waals surface area contributed by atoms with Crippen LogP contribution in [-0.2, 0) is 14.3 Å². The average molecular weight is 480 g/mol. The third-order valence-corrected chi connectivity index (χ3v) is 6.98. The van der Waals surface area contributed by atoms with E-state index in [1.807, 2.05) is 32.1 Å². The Morgan fingerprint density at radius 2 is 1.91 bits per heavy atom. The van der Waals surface area contributed by atoms with Gasteiger partial charge in [-0.05, 0) is 62.3 Å². The number of carbonyl (C=O) groups excluding carboxylic acids is 1. The van der Waals surface area contributed by atoms with E-state index < -0.39 is 6.10 Å². The number of halogens is 1. The van der Waals surface area contributed by atoms with Gasteiger partial charge in [0.1, 0.15) is 12.4 Å². The molecule has 1 aliphatic heterocycles. The summed E-state index contributed by atoms with van der Waals surface area (Å²) in [6.07, 6.45) is 5.98. The molecule has 1 N–H and O–H groups in total. The zero-order chi connectivity index (χ0) is 23.6. The van der Waals surface area contributed by atoms with E-state index in [0.717, 1.165) is 56.1 Å². The van der Waals surface area contributed by atoms with Gasteiger partial charge in [-0.15, -0.1) is 11.6 Å². The summed E-state index contributed by atoms with van der Waals surface area (Å²) in [5, 5.41) is 10.4. The Bertz CT molecular complexity index is 760. The van der Waals surface area contributed by atoms with Gasteiger partial charge in [-0.2, -0.15) is 0 Å². The summed E-state index contributed by atoms with van der Waals surface area (Å²) in [7, 11) is 0. The summed E-state index contributed by atoms with van der Waals surface area (Å²) in [5.41, 5.74) is 2.32. The standard InChI is InChI=1S/C26H38ClNO5/c1-19-14-20(2)16-21(15-19)33-18-23-22(24(27)17-25(23)29)6-4-3-5-7-26(30)32-13-10-28-8-11-31-12-9-28/h3-4,14-16,22-25,29H,5-13,17-18H2,1-2H3/b4-3-/t22-,23-,24-,25-/m1/s1. The van der Waals surface area contributed by atoms with Gasteiger partial charge in [0.05, 0.1) is 25.9 Å². The maximum atomic E-state index is 11.9. The third kappa shape index (κ3) is 8.60. The molecule has 4 atom stereocenters. The van der Waals surface area contributed by atoms with E-state index in [4.69, 9.17) is 25.8 Å². The molecule has 0 radical (unpaired) electrons. The smallest absolute Gasteiger partial charge is 0.306 e. The highest BCUT2D eigenvalue weighted by molar-refractivity contribution is 6.21. The van der Waals surface area contributed by atoms with Crippen LogP contribution in [0, 0.1) is 25.7 Å². The summed E-state index contributed by atoms with van der Waals surface area (Å²) in [4.78, 5) is 14.2. The van der Waals surface area contributed by atoms with Crippen molar-refractivity contribution in [2.24, 2.45) is 11.8 Å². The number of allylic oxidation sites excluding steroid dienone is 2. The first-order chi connectivity index (χ1) is 15.9. The van der Waals surface area contributed by atoms with Crippen molar-refractivity contribution >= 4 is 17.6 Å². The summed E-state index contributed by atoms with van der Waals surface area (Å²) in [5.74, 6) is 0.797. The Morgan fingerprint density at radius 1 is 1.18 bits per heavy atom. The predicted octanol–water partition coefficient (Wildman–Crippen LogP) is 3.89. The van der Waals surface area contributed by atoms with Crippen LogP contribution in [0.25, 0.3) is 0 Å². The first-order valence-electron chi connectivity index (χ1n) is 12.1. The van der Waals surface area contributed by atoms with Crippen molar-refractivity contribution in [1.29, 1.82) is 0 Å². The molecule has 6 nitrogen and oxygen atoms in total. The molecule has 1 aromatic rings. The fraction of sp³-hybridized carbons (Fsp3) is 0.654. The van der Waals surface area contributed by atoms with Crippen LogP contribution in [0.4, 0.5) is 0 Å². The lowest BCUT2D eigenvalue weighted by Crippen LogP contribution is -2.38. The molecule has 33 heavy (non-hydrogen) atoms. The molecule has 1 aromatic carbocycles. The Hall–Kier alpha value is -1.60. The quantitative estimate of drug-likeness (QED) is 0.295. The van der Waals surface area contributed by atoms with Crippen molar-refractivity contribution in [3.63, 3.8) is 0 Å². The number of carbonyl (C=O) groups is 1. The van der Waals surface area contributed by atoms with Crippen LogP contribution >= 0.6 is 11.6 Å². The van der Waals surface area contributed by atoms with Crippen LogP contribution in [0.1, 0.15) is 36.8 Å². The van der Waals surface area contributed by atoms with Crippen molar-refractivity contribution in [3.8, 4) is 5.75 Å². The fourth-order valence-corrected chi connectivity index (χ4v) is 5.13. The molecular formula is C26H38ClNO5. The number of aliphatic hydroxyl groups excluding tert-OH is 1. The zero-order valence-electron chi connectivity index (χ0n) is 19.9. The molecule has 1 aliphatic carbocycles. The van der Waals surface area contributed by atoms with Gasteiger partial charge >= 0.3 is 5.97 Å². The monoisotopic (exact) mass is 479 g/mol. The minimum Gasteiger partial charge on any atom is -0.493 e. The van der Waals surface area contributed by atoms with Gasteiger partial charge in [0.25, 0.3) is 0 Å². The lowest BCUT2D eigenvalue weighted by Gasteiger charge is -2.26. The highest BCUT2D eigenvalue weighted by Crippen LogP contribution is 2.39. The van der Waals surface area contributed by atoms with Gasteiger partial charge in [0, 0.05) is 37.4 Å². The second-order valence-corrected chi connectivity index (χ2v) is 9.76. The molecule has 0 amide bonds. The van der Waals surface area contributed by atoms with Crippen molar-refractivity contribution in [3.05, 3.63) is 41.5 Å². The topological polar surface area (TPSA) is 68.2 Å². The van der Waals surface area contributed by atoms with Crippen molar-refractivity contribution < 1.29 is 24.1 Å². The highest BCUT2D eigenvalue weighted by atomic mass is 35.5. The number of rotatable bonds is 11. The number of nitrogens with zero attached hydrogens (tertiary/aromatic N) is 1. The summed E-state index contributed by atoms with van der Waals surface area (Å²) >= 11 is 6.55. The number of hydrogen-bond acceptors (Lipinski definition) is 6. The fourth-order valence-electron chi connectivity index (χ4n) is 4.66. The average Bonchev–Trinajstić information content (AvgIpc) is 3.04. The second kappa shape index (κ2) is 13.3. The van der Waals surface area contributed by atoms with Crippen LogP contribution in [0.5, 0.6) is 5.75 Å². The molecular weight excluding hydrogens is 442 g/mol. The molecule has 0 unspecified atom stereocenters. The molecule has 3 rings (SSSR count). The predicted molar refractivity (Wildman–Crippen MR) is 130 cm³/mol. The van der Waals surface area contributed by atoms with E-state index in [-0.39, 0.29) is 23.2 Å². The van der Waals surface area contributed by atoms with E-state index in [1.54, 1.807) is 0 Å². The van der Waals surface area contributed by atoms with E-state index in [9.17, 15) is 9.90 Å². The first kappa shape index (κ1) is 26.0. The molecule has 1 saturated carbocycles. The minimum atomic E-state index is -0.460. The number of alkyl halides is 1. The molecule has 2 fully saturated rings. The van der Waals surface area contributed by atoms with Gasteiger partial charge in [-0.3, -0.25) is 9.69 Å². The lowest BCUT2D eigenvalue weighted by atomic mass is 9.92. The Morgan fingerprint density at radius 3 is 2.64 bits per heavy atom. The van der Waals surface area contributed by atoms with E-state index >= 15 is 0 Å². The number of morpholine rings is 1. The first-order valence-corrected chi connectivity index (χ1v) is 12.5. The zero-order valence-corrected chi connectivity index (χ0v) is 20.6. The summed E-state index contributed by atoms with van der Waals surface area (Å²) in [6, 6.07) is 6.14. The molecule has 1 saturated heterocycles. The van der Waals surface area contributed by atoms with Gasteiger partial charge < -0.3 is 19.3 Å². The SMILES string of the molecule is Cc1cc(C)cc(OC[C@@H]2[C@@H](C/C=C\CCC(=O)OCCN3CCOCC3)[C@H](Cl)C[C@H]2O)c1. The molecule has 7 heteroatoms. The van der Waals surface area contributed by atoms with Crippen LogP contribution in [0.2, 0.25) is 0 Å². The number of esters is 1. The third-order valence-electron chi connectivity index (χ3n) is 6.48. The number of benzene rings is 1. The van der Waals surface area contributed by atoms with E-state index in [1.165, 1.54) is 0 Å². The van der Waals surface area contributed by atoms with Gasteiger partial charge in [0.15, 0.2) is 0 Å². The summed E-state index contributed by atoms with van der Waals surface area (Å²) in [6.45, 7) is 9.02.